The first-order valence-corrected chi connectivity index (χ1v) is 12.6. The zero-order valence-electron chi connectivity index (χ0n) is 18.5. The molecule has 4 rings (SSSR count). The molecule has 0 spiro atoms. The van der Waals surface area contributed by atoms with Crippen molar-refractivity contribution in [2.24, 2.45) is 0 Å². The van der Waals surface area contributed by atoms with Gasteiger partial charge in [0.25, 0.3) is 10.2 Å². The Morgan fingerprint density at radius 2 is 2.06 bits per heavy atom. The van der Waals surface area contributed by atoms with Crippen molar-refractivity contribution in [3.05, 3.63) is 45.6 Å². The molecule has 3 aromatic heterocycles. The summed E-state index contributed by atoms with van der Waals surface area (Å²) in [6.07, 6.45) is 1.03. The van der Waals surface area contributed by atoms with Crippen molar-refractivity contribution in [2.45, 2.75) is 32.2 Å². The van der Waals surface area contributed by atoms with E-state index in [1.807, 2.05) is 17.5 Å². The number of hydrogen-bond acceptors (Lipinski definition) is 8. The molecule has 1 fully saturated rings. The summed E-state index contributed by atoms with van der Waals surface area (Å²) in [6.45, 7) is 2.06. The number of nitrogens with one attached hydrogen (secondary N) is 1. The van der Waals surface area contributed by atoms with Crippen LogP contribution in [0.3, 0.4) is 0 Å². The van der Waals surface area contributed by atoms with Gasteiger partial charge in [0.05, 0.1) is 0 Å². The van der Waals surface area contributed by atoms with Crippen molar-refractivity contribution < 1.29 is 17.7 Å². The van der Waals surface area contributed by atoms with Crippen molar-refractivity contribution in [2.75, 3.05) is 32.5 Å². The molecule has 0 unspecified atom stereocenters. The molecule has 0 radical (unpaired) electrons. The van der Waals surface area contributed by atoms with Crippen LogP contribution in [0.4, 0.5) is 5.82 Å². The van der Waals surface area contributed by atoms with Gasteiger partial charge in [-0.15, -0.1) is 11.3 Å². The van der Waals surface area contributed by atoms with E-state index in [0.717, 1.165) is 4.68 Å². The molecule has 0 aliphatic carbocycles. The number of rotatable bonds is 7. The van der Waals surface area contributed by atoms with Crippen LogP contribution in [0.25, 0.3) is 5.00 Å². The van der Waals surface area contributed by atoms with Crippen LogP contribution >= 0.6 is 11.3 Å². The van der Waals surface area contributed by atoms with Gasteiger partial charge < -0.3 is 9.84 Å². The van der Waals surface area contributed by atoms with Crippen molar-refractivity contribution in [1.82, 2.24) is 28.1 Å². The van der Waals surface area contributed by atoms with Gasteiger partial charge in [-0.2, -0.15) is 22.1 Å². The monoisotopic (exact) mass is 495 g/mol. The summed E-state index contributed by atoms with van der Waals surface area (Å²) in [6, 6.07) is 5.22. The van der Waals surface area contributed by atoms with Crippen LogP contribution in [-0.2, 0) is 21.5 Å². The second kappa shape index (κ2) is 9.21. The summed E-state index contributed by atoms with van der Waals surface area (Å²) >= 11 is 1.39. The standard InChI is InChI=1S/C19H25N7O5S2/c1-13-11-15(22-31-13)20-16(27)12-25-19(28)26(17-5-4-10-32-17)18(21-25)14-6-8-24(9-7-14)33(29,30)23(2)3/h4-5,10-11,14H,6-9,12H2,1-3H3,(H,20,22,27). The third-order valence-electron chi connectivity index (χ3n) is 5.39. The van der Waals surface area contributed by atoms with E-state index in [4.69, 9.17) is 4.52 Å². The quantitative estimate of drug-likeness (QED) is 0.517. The molecule has 0 saturated carbocycles. The number of nitrogens with zero attached hydrogens (tertiary/aromatic N) is 6. The van der Waals surface area contributed by atoms with Gasteiger partial charge in [0.15, 0.2) is 5.82 Å². The topological polar surface area (TPSA) is 136 Å². The highest BCUT2D eigenvalue weighted by Gasteiger charge is 2.33. The minimum atomic E-state index is -3.50. The molecular weight excluding hydrogens is 470 g/mol. The molecule has 4 heterocycles. The third-order valence-corrected chi connectivity index (χ3v) is 8.18. The average Bonchev–Trinajstić information content (AvgIpc) is 3.50. The smallest absolute Gasteiger partial charge is 0.351 e. The Labute approximate surface area is 194 Å². The first-order valence-electron chi connectivity index (χ1n) is 10.3. The first kappa shape index (κ1) is 23.4. The van der Waals surface area contributed by atoms with Crippen LogP contribution in [0.15, 0.2) is 32.9 Å². The molecule has 33 heavy (non-hydrogen) atoms. The van der Waals surface area contributed by atoms with Crippen LogP contribution < -0.4 is 11.0 Å². The zero-order valence-corrected chi connectivity index (χ0v) is 20.1. The highest BCUT2D eigenvalue weighted by Crippen LogP contribution is 2.30. The molecule has 1 aliphatic heterocycles. The van der Waals surface area contributed by atoms with Gasteiger partial charge in [-0.25, -0.2) is 14.0 Å². The molecule has 1 aliphatic rings. The number of thiophene rings is 1. The molecule has 12 nitrogen and oxygen atoms in total. The number of aromatic nitrogens is 4. The van der Waals surface area contributed by atoms with Crippen molar-refractivity contribution in [1.29, 1.82) is 0 Å². The van der Waals surface area contributed by atoms with E-state index in [2.05, 4.69) is 15.6 Å². The molecule has 3 aromatic rings. The van der Waals surface area contributed by atoms with Gasteiger partial charge in [-0.3, -0.25) is 4.79 Å². The molecular formula is C19H25N7O5S2. The fourth-order valence-electron chi connectivity index (χ4n) is 3.72. The van der Waals surface area contributed by atoms with Crippen molar-refractivity contribution in [3.63, 3.8) is 0 Å². The minimum absolute atomic E-state index is 0.129. The van der Waals surface area contributed by atoms with Crippen LogP contribution in [0.1, 0.15) is 30.3 Å². The summed E-state index contributed by atoms with van der Waals surface area (Å²) in [4.78, 5) is 25.6. The summed E-state index contributed by atoms with van der Waals surface area (Å²) < 4.78 is 35.1. The Kier molecular flexibility index (Phi) is 6.52. The van der Waals surface area contributed by atoms with Gasteiger partial charge in [-0.05, 0) is 37.3 Å². The maximum Gasteiger partial charge on any atom is 0.351 e. The molecule has 178 valence electrons. The lowest BCUT2D eigenvalue weighted by atomic mass is 9.97. The predicted molar refractivity (Wildman–Crippen MR) is 122 cm³/mol. The van der Waals surface area contributed by atoms with Gasteiger partial charge in [0, 0.05) is 39.2 Å². The Balaban J connectivity index is 1.58. The van der Waals surface area contributed by atoms with Crippen molar-refractivity contribution in [3.8, 4) is 5.00 Å². The molecule has 1 saturated heterocycles. The number of carbonyl (C=O) groups is 1. The normalized spacial score (nSPS) is 15.9. The van der Waals surface area contributed by atoms with E-state index in [0.29, 0.717) is 42.5 Å². The molecule has 1 amide bonds. The molecule has 0 bridgehead atoms. The predicted octanol–water partition coefficient (Wildman–Crippen LogP) is 1.02. The summed E-state index contributed by atoms with van der Waals surface area (Å²) in [5.41, 5.74) is -0.428. The number of hydrogen-bond donors (Lipinski definition) is 1. The van der Waals surface area contributed by atoms with E-state index in [-0.39, 0.29) is 18.3 Å². The fourth-order valence-corrected chi connectivity index (χ4v) is 5.58. The van der Waals surface area contributed by atoms with Crippen molar-refractivity contribution >= 4 is 33.3 Å². The number of carbonyl (C=O) groups excluding carboxylic acids is 1. The Bertz CT molecular complexity index is 1280. The van der Waals surface area contributed by atoms with E-state index in [9.17, 15) is 18.0 Å². The van der Waals surface area contributed by atoms with E-state index in [1.165, 1.54) is 38.6 Å². The Morgan fingerprint density at radius 1 is 1.33 bits per heavy atom. The highest BCUT2D eigenvalue weighted by molar-refractivity contribution is 7.86. The van der Waals surface area contributed by atoms with Crippen LogP contribution in [0.2, 0.25) is 0 Å². The maximum absolute atomic E-state index is 13.2. The van der Waals surface area contributed by atoms with Crippen LogP contribution in [0.5, 0.6) is 0 Å². The van der Waals surface area contributed by atoms with Gasteiger partial charge in [-0.1, -0.05) is 5.16 Å². The van der Waals surface area contributed by atoms with E-state index < -0.39 is 21.8 Å². The van der Waals surface area contributed by atoms with Gasteiger partial charge >= 0.3 is 5.69 Å². The zero-order chi connectivity index (χ0) is 23.8. The number of anilines is 1. The Hall–Kier alpha value is -2.81. The molecule has 0 atom stereocenters. The van der Waals surface area contributed by atoms with Gasteiger partial charge in [0.1, 0.15) is 23.1 Å². The number of amides is 1. The molecule has 0 aromatic carbocycles. The first-order chi connectivity index (χ1) is 15.7. The van der Waals surface area contributed by atoms with Crippen LogP contribution in [-0.4, -0.2) is 69.6 Å². The Morgan fingerprint density at radius 3 is 2.64 bits per heavy atom. The molecule has 14 heteroatoms. The third kappa shape index (κ3) is 4.78. The van der Waals surface area contributed by atoms with E-state index >= 15 is 0 Å². The SMILES string of the molecule is Cc1cc(NC(=O)Cn2nc(C3CCN(S(=O)(=O)N(C)C)CC3)n(-c3cccs3)c2=O)no1. The lowest BCUT2D eigenvalue weighted by Gasteiger charge is -2.32. The largest absolute Gasteiger partial charge is 0.360 e. The minimum Gasteiger partial charge on any atom is -0.360 e. The summed E-state index contributed by atoms with van der Waals surface area (Å²) in [7, 11) is -0.492. The average molecular weight is 496 g/mol. The summed E-state index contributed by atoms with van der Waals surface area (Å²) in [5.74, 6) is 0.748. The van der Waals surface area contributed by atoms with E-state index in [1.54, 1.807) is 13.0 Å². The fraction of sp³-hybridized carbons (Fsp3) is 0.474. The number of piperidine rings is 1. The molecule has 1 N–H and O–H groups in total. The van der Waals surface area contributed by atoms with Gasteiger partial charge in [0.2, 0.25) is 5.91 Å². The van der Waals surface area contributed by atoms with Crippen LogP contribution in [0, 0.1) is 6.92 Å². The number of aryl methyl sites for hydroxylation is 1. The second-order valence-electron chi connectivity index (χ2n) is 7.92. The second-order valence-corrected chi connectivity index (χ2v) is 11.0. The maximum atomic E-state index is 13.2. The highest BCUT2D eigenvalue weighted by atomic mass is 32.2. The lowest BCUT2D eigenvalue weighted by molar-refractivity contribution is -0.117. The lowest BCUT2D eigenvalue weighted by Crippen LogP contribution is -2.44. The summed E-state index contributed by atoms with van der Waals surface area (Å²) in [5, 5.41) is 13.3.